The SMILES string of the molecule is Cc1cc2c(cc1Nc1ncc3c(n1)n(C1(C)C=CC(C)(C#N)CC1)c(=O)n3C)CCO2. The van der Waals surface area contributed by atoms with Crippen LogP contribution >= 0.6 is 0 Å². The smallest absolute Gasteiger partial charge is 0.330 e. The van der Waals surface area contributed by atoms with Crippen LogP contribution in [0.3, 0.4) is 0 Å². The Balaban J connectivity index is 1.59. The van der Waals surface area contributed by atoms with Crippen molar-refractivity contribution in [3.8, 4) is 11.8 Å². The number of nitriles is 1. The van der Waals surface area contributed by atoms with E-state index in [1.54, 1.807) is 22.4 Å². The molecule has 0 saturated carbocycles. The standard InChI is InChI=1S/C24H26N6O2/c1-15-11-19-16(5-10-32-19)12-17(15)27-21-26-13-18-20(28-21)30(22(31)29(18)4)24(3)8-6-23(2,14-25)7-9-24/h6,8,11-13H,5,7,9-10H2,1-4H3,(H,26,27,28). The van der Waals surface area contributed by atoms with Crippen LogP contribution in [0.2, 0.25) is 0 Å². The lowest BCUT2D eigenvalue weighted by Gasteiger charge is -2.35. The summed E-state index contributed by atoms with van der Waals surface area (Å²) in [7, 11) is 1.73. The van der Waals surface area contributed by atoms with Crippen LogP contribution in [0.25, 0.3) is 11.2 Å². The molecule has 1 aliphatic carbocycles. The van der Waals surface area contributed by atoms with Gasteiger partial charge in [0, 0.05) is 19.2 Å². The predicted molar refractivity (Wildman–Crippen MR) is 122 cm³/mol. The molecule has 0 saturated heterocycles. The Labute approximate surface area is 186 Å². The molecule has 2 aliphatic rings. The molecule has 0 fully saturated rings. The molecule has 1 N–H and O–H groups in total. The molecular formula is C24H26N6O2. The van der Waals surface area contributed by atoms with Gasteiger partial charge in [0.15, 0.2) is 5.65 Å². The van der Waals surface area contributed by atoms with E-state index in [9.17, 15) is 10.1 Å². The summed E-state index contributed by atoms with van der Waals surface area (Å²) in [5, 5.41) is 12.8. The summed E-state index contributed by atoms with van der Waals surface area (Å²) in [6, 6.07) is 6.47. The minimum absolute atomic E-state index is 0.148. The molecule has 32 heavy (non-hydrogen) atoms. The third-order valence-corrected chi connectivity index (χ3v) is 6.81. The predicted octanol–water partition coefficient (Wildman–Crippen LogP) is 3.71. The number of ether oxygens (including phenoxy) is 1. The van der Waals surface area contributed by atoms with Crippen molar-refractivity contribution >= 4 is 22.8 Å². The van der Waals surface area contributed by atoms with Crippen molar-refractivity contribution in [3.05, 3.63) is 52.1 Å². The Bertz CT molecular complexity index is 1380. The van der Waals surface area contributed by atoms with Crippen LogP contribution in [0.5, 0.6) is 5.75 Å². The van der Waals surface area contributed by atoms with Gasteiger partial charge in [0.05, 0.1) is 29.8 Å². The third-order valence-electron chi connectivity index (χ3n) is 6.81. The van der Waals surface area contributed by atoms with Gasteiger partial charge in [-0.25, -0.2) is 9.78 Å². The summed E-state index contributed by atoms with van der Waals surface area (Å²) in [5.41, 5.74) is 3.14. The van der Waals surface area contributed by atoms with Crippen molar-refractivity contribution in [2.75, 3.05) is 11.9 Å². The highest BCUT2D eigenvalue weighted by Gasteiger charge is 2.37. The Hall–Kier alpha value is -3.60. The Morgan fingerprint density at radius 1 is 1.25 bits per heavy atom. The van der Waals surface area contributed by atoms with E-state index in [0.29, 0.717) is 36.6 Å². The van der Waals surface area contributed by atoms with Crippen LogP contribution in [0.1, 0.15) is 37.8 Å². The highest BCUT2D eigenvalue weighted by molar-refractivity contribution is 5.74. The highest BCUT2D eigenvalue weighted by atomic mass is 16.5. The summed E-state index contributed by atoms with van der Waals surface area (Å²) >= 11 is 0. The lowest BCUT2D eigenvalue weighted by atomic mass is 9.75. The summed E-state index contributed by atoms with van der Waals surface area (Å²) in [6.45, 7) is 6.65. The molecular weight excluding hydrogens is 404 g/mol. The number of hydrogen-bond donors (Lipinski definition) is 1. The lowest BCUT2D eigenvalue weighted by Crippen LogP contribution is -2.40. The van der Waals surface area contributed by atoms with Gasteiger partial charge in [0.2, 0.25) is 5.95 Å². The van der Waals surface area contributed by atoms with Crippen molar-refractivity contribution < 1.29 is 4.74 Å². The molecule has 2 atom stereocenters. The number of benzene rings is 1. The first kappa shape index (κ1) is 20.3. The van der Waals surface area contributed by atoms with E-state index in [2.05, 4.69) is 22.4 Å². The molecule has 2 unspecified atom stereocenters. The van der Waals surface area contributed by atoms with Crippen molar-refractivity contribution in [3.63, 3.8) is 0 Å². The van der Waals surface area contributed by atoms with Gasteiger partial charge in [-0.3, -0.25) is 9.13 Å². The molecule has 0 spiro atoms. The van der Waals surface area contributed by atoms with Gasteiger partial charge in [0.25, 0.3) is 0 Å². The van der Waals surface area contributed by atoms with E-state index in [-0.39, 0.29) is 5.69 Å². The molecule has 164 valence electrons. The van der Waals surface area contributed by atoms with E-state index in [4.69, 9.17) is 9.72 Å². The maximum Gasteiger partial charge on any atom is 0.330 e. The summed E-state index contributed by atoms with van der Waals surface area (Å²) < 4.78 is 8.95. The van der Waals surface area contributed by atoms with Gasteiger partial charge < -0.3 is 10.1 Å². The van der Waals surface area contributed by atoms with Crippen molar-refractivity contribution in [2.24, 2.45) is 12.5 Å². The van der Waals surface area contributed by atoms with Gasteiger partial charge in [-0.15, -0.1) is 0 Å². The van der Waals surface area contributed by atoms with Crippen LogP contribution in [0.15, 0.2) is 35.3 Å². The van der Waals surface area contributed by atoms with Crippen molar-refractivity contribution in [1.82, 2.24) is 19.1 Å². The number of nitrogens with zero attached hydrogens (tertiary/aromatic N) is 5. The fraction of sp³-hybridized carbons (Fsp3) is 0.417. The van der Waals surface area contributed by atoms with E-state index in [0.717, 1.165) is 29.0 Å². The van der Waals surface area contributed by atoms with E-state index in [1.165, 1.54) is 0 Å². The molecule has 1 aromatic carbocycles. The summed E-state index contributed by atoms with van der Waals surface area (Å²) in [6.07, 6.45) is 7.80. The van der Waals surface area contributed by atoms with Gasteiger partial charge >= 0.3 is 5.69 Å². The molecule has 2 aromatic heterocycles. The second-order valence-electron chi connectivity index (χ2n) is 9.30. The normalized spacial score (nSPS) is 24.2. The minimum atomic E-state index is -0.570. The van der Waals surface area contributed by atoms with Crippen molar-refractivity contribution in [2.45, 2.75) is 45.6 Å². The minimum Gasteiger partial charge on any atom is -0.493 e. The number of nitrogens with one attached hydrogen (secondary N) is 1. The molecule has 0 radical (unpaired) electrons. The molecule has 0 bridgehead atoms. The molecule has 8 heteroatoms. The first-order valence-electron chi connectivity index (χ1n) is 10.8. The van der Waals surface area contributed by atoms with Crippen LogP contribution in [-0.2, 0) is 19.0 Å². The maximum absolute atomic E-state index is 13.2. The largest absolute Gasteiger partial charge is 0.493 e. The maximum atomic E-state index is 13.2. The molecule has 8 nitrogen and oxygen atoms in total. The second kappa shape index (κ2) is 6.95. The zero-order valence-corrected chi connectivity index (χ0v) is 18.8. The number of imidazole rings is 1. The molecule has 5 rings (SSSR count). The number of anilines is 2. The second-order valence-corrected chi connectivity index (χ2v) is 9.30. The quantitative estimate of drug-likeness (QED) is 0.636. The Kier molecular flexibility index (Phi) is 4.41. The lowest BCUT2D eigenvalue weighted by molar-refractivity contribution is 0.298. The fourth-order valence-electron chi connectivity index (χ4n) is 4.54. The monoisotopic (exact) mass is 430 g/mol. The number of hydrogen-bond acceptors (Lipinski definition) is 6. The van der Waals surface area contributed by atoms with E-state index >= 15 is 0 Å². The van der Waals surface area contributed by atoms with Gasteiger partial charge in [0.1, 0.15) is 11.3 Å². The van der Waals surface area contributed by atoms with Gasteiger partial charge in [-0.2, -0.15) is 10.2 Å². The van der Waals surface area contributed by atoms with Gasteiger partial charge in [-0.1, -0.05) is 12.2 Å². The van der Waals surface area contributed by atoms with Crippen LogP contribution < -0.4 is 15.7 Å². The number of fused-ring (bicyclic) bond motifs is 2. The average molecular weight is 431 g/mol. The average Bonchev–Trinajstić information content (AvgIpc) is 3.33. The third kappa shape index (κ3) is 3.08. The van der Waals surface area contributed by atoms with E-state index in [1.807, 2.05) is 39.0 Å². The summed E-state index contributed by atoms with van der Waals surface area (Å²) in [5.74, 6) is 1.37. The number of rotatable bonds is 3. The van der Waals surface area contributed by atoms with Crippen LogP contribution in [-0.4, -0.2) is 25.7 Å². The molecule has 0 amide bonds. The number of allylic oxidation sites excluding steroid dienone is 2. The Morgan fingerprint density at radius 2 is 2.06 bits per heavy atom. The van der Waals surface area contributed by atoms with Crippen molar-refractivity contribution in [1.29, 1.82) is 5.26 Å². The zero-order chi connectivity index (χ0) is 22.7. The van der Waals surface area contributed by atoms with E-state index < -0.39 is 11.0 Å². The van der Waals surface area contributed by atoms with Gasteiger partial charge in [-0.05, 0) is 56.9 Å². The van der Waals surface area contributed by atoms with Crippen LogP contribution in [0.4, 0.5) is 11.6 Å². The molecule has 1 aliphatic heterocycles. The van der Waals surface area contributed by atoms with Crippen LogP contribution in [0, 0.1) is 23.7 Å². The first-order chi connectivity index (χ1) is 15.2. The molecule has 3 heterocycles. The summed E-state index contributed by atoms with van der Waals surface area (Å²) in [4.78, 5) is 22.4. The number of aryl methyl sites for hydroxylation is 2. The Morgan fingerprint density at radius 3 is 2.78 bits per heavy atom. The molecule has 3 aromatic rings. The zero-order valence-electron chi connectivity index (χ0n) is 18.8. The number of aromatic nitrogens is 4. The topological polar surface area (TPSA) is 97.8 Å². The highest BCUT2D eigenvalue weighted by Crippen LogP contribution is 2.39. The first-order valence-corrected chi connectivity index (χ1v) is 10.8. The fourth-order valence-corrected chi connectivity index (χ4v) is 4.54.